The molecule has 0 aromatic heterocycles. The van der Waals surface area contributed by atoms with E-state index in [0.29, 0.717) is 29.0 Å². The van der Waals surface area contributed by atoms with Crippen LogP contribution in [0.5, 0.6) is 0 Å². The van der Waals surface area contributed by atoms with E-state index in [1.165, 1.54) is 24.8 Å². The summed E-state index contributed by atoms with van der Waals surface area (Å²) in [4.78, 5) is 12.2. The van der Waals surface area contributed by atoms with Crippen molar-refractivity contribution >= 4 is 5.78 Å². The Hall–Kier alpha value is -0.630. The number of hydrogen-bond donors (Lipinski definition) is 1. The van der Waals surface area contributed by atoms with Crippen LogP contribution in [-0.2, 0) is 4.79 Å². The molecule has 8 atom stereocenters. The van der Waals surface area contributed by atoms with Crippen molar-refractivity contribution in [1.29, 1.82) is 0 Å². The SMILES string of the molecule is C=C1C[C@]2(C)[C@@H](C(C)=O)CC[C@H]2[C@@H]2CC[C@H]3C[C@H](O)CC[C@]3(C)[C@@H]12. The number of aliphatic hydroxyl groups excluding tert-OH is 1. The molecule has 4 rings (SSSR count). The Morgan fingerprint density at radius 2 is 1.88 bits per heavy atom. The van der Waals surface area contributed by atoms with Gasteiger partial charge < -0.3 is 5.11 Å². The van der Waals surface area contributed by atoms with Gasteiger partial charge in [0.15, 0.2) is 0 Å². The first-order chi connectivity index (χ1) is 11.3. The summed E-state index contributed by atoms with van der Waals surface area (Å²) in [7, 11) is 0. The highest BCUT2D eigenvalue weighted by atomic mass is 16.3. The molecule has 2 heteroatoms. The molecule has 2 nitrogen and oxygen atoms in total. The molecule has 0 aromatic rings. The van der Waals surface area contributed by atoms with Crippen molar-refractivity contribution in [2.45, 2.75) is 78.2 Å². The van der Waals surface area contributed by atoms with E-state index in [9.17, 15) is 9.90 Å². The summed E-state index contributed by atoms with van der Waals surface area (Å²) >= 11 is 0. The summed E-state index contributed by atoms with van der Waals surface area (Å²) in [5, 5.41) is 10.2. The molecule has 0 amide bonds. The maximum Gasteiger partial charge on any atom is 0.133 e. The minimum Gasteiger partial charge on any atom is -0.393 e. The van der Waals surface area contributed by atoms with Gasteiger partial charge >= 0.3 is 0 Å². The number of rotatable bonds is 1. The van der Waals surface area contributed by atoms with Crippen LogP contribution < -0.4 is 0 Å². The second-order valence-corrected chi connectivity index (χ2v) is 10.0. The molecule has 4 fully saturated rings. The van der Waals surface area contributed by atoms with Crippen LogP contribution in [0.1, 0.15) is 72.1 Å². The normalized spacial score (nSPS) is 53.9. The van der Waals surface area contributed by atoms with Crippen LogP contribution >= 0.6 is 0 Å². The van der Waals surface area contributed by atoms with Gasteiger partial charge in [0.05, 0.1) is 6.10 Å². The Bertz CT molecular complexity index is 566. The molecule has 0 heterocycles. The molecule has 24 heavy (non-hydrogen) atoms. The lowest BCUT2D eigenvalue weighted by Crippen LogP contribution is -2.55. The van der Waals surface area contributed by atoms with E-state index in [1.54, 1.807) is 6.92 Å². The molecule has 4 aliphatic carbocycles. The number of allylic oxidation sites excluding steroid dienone is 1. The largest absolute Gasteiger partial charge is 0.393 e. The van der Waals surface area contributed by atoms with Crippen molar-refractivity contribution in [3.8, 4) is 0 Å². The lowest BCUT2D eigenvalue weighted by atomic mass is 9.43. The number of fused-ring (bicyclic) bond motifs is 5. The molecule has 0 unspecified atom stereocenters. The highest BCUT2D eigenvalue weighted by Crippen LogP contribution is 2.68. The van der Waals surface area contributed by atoms with Gasteiger partial charge in [-0.2, -0.15) is 0 Å². The first-order valence-electron chi connectivity index (χ1n) is 10.1. The lowest BCUT2D eigenvalue weighted by Gasteiger charge is -2.61. The van der Waals surface area contributed by atoms with Crippen LogP contribution in [0, 0.1) is 40.4 Å². The van der Waals surface area contributed by atoms with Crippen molar-refractivity contribution < 1.29 is 9.90 Å². The second-order valence-electron chi connectivity index (χ2n) is 10.0. The van der Waals surface area contributed by atoms with Crippen LogP contribution in [0.3, 0.4) is 0 Å². The van der Waals surface area contributed by atoms with Crippen LogP contribution in [-0.4, -0.2) is 17.0 Å². The van der Waals surface area contributed by atoms with E-state index >= 15 is 0 Å². The Kier molecular flexibility index (Phi) is 3.81. The number of Topliss-reactive ketones (excluding diaryl/α,β-unsaturated/α-hetero) is 1. The molecular formula is C22H34O2. The predicted octanol–water partition coefficient (Wildman–Crippen LogP) is 4.76. The third kappa shape index (κ3) is 2.14. The summed E-state index contributed by atoms with van der Waals surface area (Å²) in [5.41, 5.74) is 1.91. The Morgan fingerprint density at radius 3 is 2.58 bits per heavy atom. The first kappa shape index (κ1) is 16.8. The Balaban J connectivity index is 1.68. The van der Waals surface area contributed by atoms with E-state index in [2.05, 4.69) is 20.4 Å². The Labute approximate surface area is 147 Å². The van der Waals surface area contributed by atoms with Crippen molar-refractivity contribution in [2.24, 2.45) is 40.4 Å². The zero-order chi connectivity index (χ0) is 17.3. The topological polar surface area (TPSA) is 37.3 Å². The van der Waals surface area contributed by atoms with E-state index in [0.717, 1.165) is 38.0 Å². The minimum absolute atomic E-state index is 0.0877. The van der Waals surface area contributed by atoms with Crippen LogP contribution in [0.4, 0.5) is 0 Å². The zero-order valence-corrected chi connectivity index (χ0v) is 15.7. The number of carbonyl (C=O) groups is 1. The minimum atomic E-state index is -0.0877. The fourth-order valence-electron chi connectivity index (χ4n) is 7.99. The summed E-state index contributed by atoms with van der Waals surface area (Å²) < 4.78 is 0. The fraction of sp³-hybridized carbons (Fsp3) is 0.864. The molecule has 134 valence electrons. The molecule has 0 saturated heterocycles. The highest BCUT2D eigenvalue weighted by Gasteiger charge is 2.61. The van der Waals surface area contributed by atoms with E-state index in [1.807, 2.05) is 0 Å². The standard InChI is InChI=1S/C22H34O2/c1-13-12-22(4)18(14(2)23)7-8-19(22)17-6-5-15-11-16(24)9-10-21(15,3)20(13)17/h15-20,24H,1,5-12H2,2-4H3/t15-,16+,17-,18+,19-,20-,21-,22+/m0/s1. The van der Waals surface area contributed by atoms with Gasteiger partial charge in [-0.25, -0.2) is 0 Å². The third-order valence-corrected chi connectivity index (χ3v) is 8.96. The maximum absolute atomic E-state index is 12.2. The van der Waals surface area contributed by atoms with Gasteiger partial charge in [-0.3, -0.25) is 4.79 Å². The van der Waals surface area contributed by atoms with Gasteiger partial charge in [-0.05, 0) is 92.8 Å². The van der Waals surface area contributed by atoms with Crippen molar-refractivity contribution in [3.63, 3.8) is 0 Å². The number of ketones is 1. The molecule has 4 saturated carbocycles. The highest BCUT2D eigenvalue weighted by molar-refractivity contribution is 5.79. The third-order valence-electron chi connectivity index (χ3n) is 8.96. The van der Waals surface area contributed by atoms with Crippen molar-refractivity contribution in [1.82, 2.24) is 0 Å². The van der Waals surface area contributed by atoms with Crippen LogP contribution in [0.15, 0.2) is 12.2 Å². The molecular weight excluding hydrogens is 296 g/mol. The average Bonchev–Trinajstić information content (AvgIpc) is 2.84. The van der Waals surface area contributed by atoms with Crippen LogP contribution in [0.2, 0.25) is 0 Å². The molecule has 0 spiro atoms. The quantitative estimate of drug-likeness (QED) is 0.704. The van der Waals surface area contributed by atoms with Crippen LogP contribution in [0.25, 0.3) is 0 Å². The molecule has 0 bridgehead atoms. The van der Waals surface area contributed by atoms with Gasteiger partial charge in [0.25, 0.3) is 0 Å². The lowest BCUT2D eigenvalue weighted by molar-refractivity contribution is -0.129. The van der Waals surface area contributed by atoms with Gasteiger partial charge in [0.2, 0.25) is 0 Å². The molecule has 0 aliphatic heterocycles. The van der Waals surface area contributed by atoms with E-state index < -0.39 is 0 Å². The fourth-order valence-corrected chi connectivity index (χ4v) is 7.99. The summed E-state index contributed by atoms with van der Waals surface area (Å²) in [5.74, 6) is 3.34. The molecule has 0 radical (unpaired) electrons. The number of aliphatic hydroxyl groups is 1. The van der Waals surface area contributed by atoms with Crippen molar-refractivity contribution in [2.75, 3.05) is 0 Å². The molecule has 0 aromatic carbocycles. The molecule has 4 aliphatic rings. The smallest absolute Gasteiger partial charge is 0.133 e. The average molecular weight is 331 g/mol. The van der Waals surface area contributed by atoms with Crippen molar-refractivity contribution in [3.05, 3.63) is 12.2 Å². The zero-order valence-electron chi connectivity index (χ0n) is 15.7. The van der Waals surface area contributed by atoms with E-state index in [4.69, 9.17) is 0 Å². The summed E-state index contributed by atoms with van der Waals surface area (Å²) in [6.45, 7) is 11.3. The second kappa shape index (κ2) is 5.43. The number of carbonyl (C=O) groups excluding carboxylic acids is 1. The number of hydrogen-bond acceptors (Lipinski definition) is 2. The Morgan fingerprint density at radius 1 is 1.12 bits per heavy atom. The predicted molar refractivity (Wildman–Crippen MR) is 96.4 cm³/mol. The first-order valence-corrected chi connectivity index (χ1v) is 10.1. The van der Waals surface area contributed by atoms with Gasteiger partial charge in [0.1, 0.15) is 5.78 Å². The summed E-state index contributed by atoms with van der Waals surface area (Å²) in [6.07, 6.45) is 8.93. The monoisotopic (exact) mass is 330 g/mol. The van der Waals surface area contributed by atoms with Gasteiger partial charge in [-0.15, -0.1) is 0 Å². The maximum atomic E-state index is 12.2. The van der Waals surface area contributed by atoms with E-state index in [-0.39, 0.29) is 17.4 Å². The summed E-state index contributed by atoms with van der Waals surface area (Å²) in [6, 6.07) is 0. The molecule has 1 N–H and O–H groups in total. The van der Waals surface area contributed by atoms with Gasteiger partial charge in [0, 0.05) is 5.92 Å². The van der Waals surface area contributed by atoms with Gasteiger partial charge in [-0.1, -0.05) is 26.0 Å².